The van der Waals surface area contributed by atoms with Crippen molar-refractivity contribution in [3.63, 3.8) is 0 Å². The summed E-state index contributed by atoms with van der Waals surface area (Å²) in [6.07, 6.45) is 1.57. The molecular formula is C26H25BrN2O6. The minimum Gasteiger partial charge on any atom is -0.493 e. The van der Waals surface area contributed by atoms with Gasteiger partial charge in [-0.15, -0.1) is 0 Å². The molecule has 0 unspecified atom stereocenters. The monoisotopic (exact) mass is 540 g/mol. The van der Waals surface area contributed by atoms with E-state index in [2.05, 4.69) is 26.5 Å². The Morgan fingerprint density at radius 1 is 0.914 bits per heavy atom. The van der Waals surface area contributed by atoms with E-state index >= 15 is 0 Å². The molecule has 0 saturated carbocycles. The second kappa shape index (κ2) is 12.0. The number of esters is 1. The van der Waals surface area contributed by atoms with Gasteiger partial charge in [-0.3, -0.25) is 4.79 Å². The second-order valence-corrected chi connectivity index (χ2v) is 8.30. The van der Waals surface area contributed by atoms with E-state index in [4.69, 9.17) is 18.9 Å². The Labute approximate surface area is 212 Å². The molecule has 0 aliphatic rings. The lowest BCUT2D eigenvalue weighted by atomic mass is 10.1. The van der Waals surface area contributed by atoms with Gasteiger partial charge in [-0.25, -0.2) is 10.2 Å². The van der Waals surface area contributed by atoms with Crippen LogP contribution in [0, 0.1) is 6.92 Å². The van der Waals surface area contributed by atoms with E-state index in [0.717, 1.165) is 11.1 Å². The van der Waals surface area contributed by atoms with Crippen LogP contribution in [-0.4, -0.2) is 39.4 Å². The summed E-state index contributed by atoms with van der Waals surface area (Å²) in [4.78, 5) is 24.8. The third-order valence-electron chi connectivity index (χ3n) is 4.95. The molecular weight excluding hydrogens is 516 g/mol. The molecule has 0 bridgehead atoms. The normalized spacial score (nSPS) is 10.7. The van der Waals surface area contributed by atoms with E-state index in [1.165, 1.54) is 20.4 Å². The third-order valence-corrected chi connectivity index (χ3v) is 5.54. The number of benzene rings is 3. The molecule has 1 N–H and O–H groups in total. The van der Waals surface area contributed by atoms with Gasteiger partial charge in [-0.2, -0.15) is 5.10 Å². The van der Waals surface area contributed by atoms with Crippen LogP contribution in [0.3, 0.4) is 0 Å². The van der Waals surface area contributed by atoms with Gasteiger partial charge in [0.25, 0.3) is 0 Å². The van der Waals surface area contributed by atoms with E-state index in [0.29, 0.717) is 32.8 Å². The van der Waals surface area contributed by atoms with E-state index in [1.807, 2.05) is 19.1 Å². The lowest BCUT2D eigenvalue weighted by Crippen LogP contribution is -2.19. The largest absolute Gasteiger partial charge is 0.493 e. The van der Waals surface area contributed by atoms with Crippen LogP contribution < -0.4 is 24.4 Å². The molecule has 0 heterocycles. The van der Waals surface area contributed by atoms with Crippen LogP contribution in [-0.2, 0) is 11.2 Å². The molecule has 0 aliphatic carbocycles. The van der Waals surface area contributed by atoms with Crippen LogP contribution in [0.15, 0.2) is 64.2 Å². The third kappa shape index (κ3) is 6.83. The van der Waals surface area contributed by atoms with E-state index < -0.39 is 5.97 Å². The van der Waals surface area contributed by atoms with Crippen molar-refractivity contribution in [2.24, 2.45) is 5.10 Å². The number of amides is 1. The number of aryl methyl sites for hydroxylation is 1. The van der Waals surface area contributed by atoms with Gasteiger partial charge in [-0.05, 0) is 70.4 Å². The zero-order valence-corrected chi connectivity index (χ0v) is 21.3. The number of nitrogens with one attached hydrogen (secondary N) is 1. The predicted octanol–water partition coefficient (Wildman–Crippen LogP) is 4.70. The first kappa shape index (κ1) is 25.8. The number of methoxy groups -OCH3 is 3. The van der Waals surface area contributed by atoms with Crippen LogP contribution in [0.1, 0.15) is 27.0 Å². The van der Waals surface area contributed by atoms with Gasteiger partial charge in [0.1, 0.15) is 0 Å². The van der Waals surface area contributed by atoms with E-state index in [9.17, 15) is 9.59 Å². The number of carbonyl (C=O) groups is 2. The number of hydrogen-bond acceptors (Lipinski definition) is 7. The average molecular weight is 541 g/mol. The standard InChI is InChI=1S/C26H25BrN2O6/c1-16-5-8-19(9-6-16)26(31)35-25-20(27)11-18(13-23(25)34-4)15-28-29-24(30)14-17-7-10-21(32-2)22(12-17)33-3/h5-13,15H,14H2,1-4H3,(H,29,30). The topological polar surface area (TPSA) is 95.5 Å². The first-order valence-electron chi connectivity index (χ1n) is 10.5. The first-order valence-corrected chi connectivity index (χ1v) is 11.3. The Balaban J connectivity index is 1.66. The number of halogens is 1. The van der Waals surface area contributed by atoms with Crippen LogP contribution in [0.25, 0.3) is 0 Å². The maximum atomic E-state index is 12.5. The number of nitrogens with zero attached hydrogens (tertiary/aromatic N) is 1. The van der Waals surface area contributed by atoms with Gasteiger partial charge in [-0.1, -0.05) is 23.8 Å². The van der Waals surface area contributed by atoms with Gasteiger partial charge in [0.2, 0.25) is 5.91 Å². The summed E-state index contributed by atoms with van der Waals surface area (Å²) < 4.78 is 21.9. The molecule has 0 aliphatic heterocycles. The Hall–Kier alpha value is -3.85. The molecule has 0 saturated heterocycles. The summed E-state index contributed by atoms with van der Waals surface area (Å²) in [6.45, 7) is 1.94. The summed E-state index contributed by atoms with van der Waals surface area (Å²) in [5.74, 6) is 0.894. The highest BCUT2D eigenvalue weighted by molar-refractivity contribution is 9.10. The molecule has 9 heteroatoms. The second-order valence-electron chi connectivity index (χ2n) is 7.45. The van der Waals surface area contributed by atoms with Crippen molar-refractivity contribution in [1.82, 2.24) is 5.43 Å². The van der Waals surface area contributed by atoms with Crippen LogP contribution >= 0.6 is 15.9 Å². The maximum Gasteiger partial charge on any atom is 0.343 e. The van der Waals surface area contributed by atoms with Gasteiger partial charge in [0.05, 0.1) is 44.0 Å². The maximum absolute atomic E-state index is 12.5. The van der Waals surface area contributed by atoms with Gasteiger partial charge in [0, 0.05) is 0 Å². The Kier molecular flexibility index (Phi) is 8.86. The van der Waals surface area contributed by atoms with Crippen molar-refractivity contribution in [3.8, 4) is 23.0 Å². The smallest absolute Gasteiger partial charge is 0.343 e. The molecule has 35 heavy (non-hydrogen) atoms. The highest BCUT2D eigenvalue weighted by Gasteiger charge is 2.17. The molecule has 0 atom stereocenters. The quantitative estimate of drug-likeness (QED) is 0.183. The molecule has 8 nitrogen and oxygen atoms in total. The first-order chi connectivity index (χ1) is 16.8. The van der Waals surface area contributed by atoms with E-state index in [-0.39, 0.29) is 18.1 Å². The number of hydrogen-bond donors (Lipinski definition) is 1. The minimum atomic E-state index is -0.507. The molecule has 3 rings (SSSR count). The van der Waals surface area contributed by atoms with Gasteiger partial charge >= 0.3 is 5.97 Å². The number of carbonyl (C=O) groups excluding carboxylic acids is 2. The van der Waals surface area contributed by atoms with E-state index in [1.54, 1.807) is 49.6 Å². The van der Waals surface area contributed by atoms with Crippen molar-refractivity contribution in [1.29, 1.82) is 0 Å². The van der Waals surface area contributed by atoms with Crippen LogP contribution in [0.4, 0.5) is 0 Å². The fraction of sp³-hybridized carbons (Fsp3) is 0.192. The molecule has 0 fully saturated rings. The number of ether oxygens (including phenoxy) is 4. The molecule has 3 aromatic carbocycles. The van der Waals surface area contributed by atoms with Crippen LogP contribution in [0.5, 0.6) is 23.0 Å². The van der Waals surface area contributed by atoms with Gasteiger partial charge in [0.15, 0.2) is 23.0 Å². The number of rotatable bonds is 9. The van der Waals surface area contributed by atoms with Crippen molar-refractivity contribution in [3.05, 3.63) is 81.3 Å². The van der Waals surface area contributed by atoms with Crippen molar-refractivity contribution in [2.75, 3.05) is 21.3 Å². The molecule has 1 amide bonds. The Morgan fingerprint density at radius 3 is 2.26 bits per heavy atom. The SMILES string of the molecule is COc1ccc(CC(=O)NN=Cc2cc(Br)c(OC(=O)c3ccc(C)cc3)c(OC)c2)cc1OC. The van der Waals surface area contributed by atoms with Crippen molar-refractivity contribution < 1.29 is 28.5 Å². The molecule has 3 aromatic rings. The zero-order valence-electron chi connectivity index (χ0n) is 19.8. The highest BCUT2D eigenvalue weighted by Crippen LogP contribution is 2.37. The van der Waals surface area contributed by atoms with Crippen molar-refractivity contribution in [2.45, 2.75) is 13.3 Å². The summed E-state index contributed by atoms with van der Waals surface area (Å²) in [5.41, 5.74) is 5.33. The van der Waals surface area contributed by atoms with Crippen LogP contribution in [0.2, 0.25) is 0 Å². The summed E-state index contributed by atoms with van der Waals surface area (Å²) >= 11 is 3.41. The fourth-order valence-electron chi connectivity index (χ4n) is 3.15. The molecule has 0 aromatic heterocycles. The van der Waals surface area contributed by atoms with Crippen molar-refractivity contribution >= 4 is 34.0 Å². The Morgan fingerprint density at radius 2 is 1.60 bits per heavy atom. The molecule has 0 spiro atoms. The summed E-state index contributed by atoms with van der Waals surface area (Å²) in [7, 11) is 4.55. The minimum absolute atomic E-state index is 0.110. The lowest BCUT2D eigenvalue weighted by Gasteiger charge is -2.12. The van der Waals surface area contributed by atoms with Gasteiger partial charge < -0.3 is 18.9 Å². The summed E-state index contributed by atoms with van der Waals surface area (Å²) in [5, 5.41) is 4.01. The predicted molar refractivity (Wildman–Crippen MR) is 136 cm³/mol. The average Bonchev–Trinajstić information content (AvgIpc) is 2.85. The lowest BCUT2D eigenvalue weighted by molar-refractivity contribution is -0.120. The molecule has 0 radical (unpaired) electrons. The zero-order chi connectivity index (χ0) is 25.4. The fourth-order valence-corrected chi connectivity index (χ4v) is 3.69. The Bertz CT molecular complexity index is 1240. The summed E-state index contributed by atoms with van der Waals surface area (Å²) in [6, 6.07) is 15.7. The molecule has 182 valence electrons. The highest BCUT2D eigenvalue weighted by atomic mass is 79.9. The number of hydrazone groups is 1.